The number of hydrogen-bond donors (Lipinski definition) is 0. The molecule has 2 heterocycles. The van der Waals surface area contributed by atoms with E-state index in [1.165, 1.54) is 16.8 Å². The number of nitrogens with zero attached hydrogens (tertiary/aromatic N) is 4. The third kappa shape index (κ3) is 2.15. The Bertz CT molecular complexity index is 828. The van der Waals surface area contributed by atoms with Crippen molar-refractivity contribution in [1.82, 2.24) is 13.2 Å². The lowest BCUT2D eigenvalue weighted by Crippen LogP contribution is -2.13. The molecule has 0 amide bonds. The maximum Gasteiger partial charge on any atom is 0.124 e. The van der Waals surface area contributed by atoms with Gasteiger partial charge in [0.15, 0.2) is 0 Å². The van der Waals surface area contributed by atoms with Crippen molar-refractivity contribution in [2.24, 2.45) is 0 Å². The van der Waals surface area contributed by atoms with Gasteiger partial charge < -0.3 is 3.11 Å². The maximum absolute atomic E-state index is 4.41. The molecule has 104 valence electrons. The van der Waals surface area contributed by atoms with E-state index in [2.05, 4.69) is 102 Å². The van der Waals surface area contributed by atoms with Crippen molar-refractivity contribution in [2.45, 2.75) is 6.54 Å². The van der Waals surface area contributed by atoms with Gasteiger partial charge in [-0.2, -0.15) is 2.90 Å². The molecule has 1 aliphatic rings. The fourth-order valence-electron chi connectivity index (χ4n) is 2.68. The second-order valence-electron chi connectivity index (χ2n) is 4.84. The second kappa shape index (κ2) is 5.24. The van der Waals surface area contributed by atoms with Gasteiger partial charge in [0.05, 0.1) is 58.0 Å². The monoisotopic (exact) mass is 500 g/mol. The van der Waals surface area contributed by atoms with Crippen molar-refractivity contribution >= 4 is 51.4 Å². The Hall–Kier alpha value is -1.16. The SMILES string of the molecule is IN1Cc2ccccc2-c2c(nnn2I)-c2ccccc21. The number of benzene rings is 2. The molecule has 2 aromatic carbocycles. The molecule has 0 atom stereocenters. The molecule has 0 unspecified atom stereocenters. The fourth-order valence-corrected chi connectivity index (χ4v) is 4.05. The molecule has 0 saturated carbocycles. The highest BCUT2D eigenvalue weighted by atomic mass is 127. The Morgan fingerprint density at radius 2 is 1.62 bits per heavy atom. The Morgan fingerprint density at radius 3 is 2.48 bits per heavy atom. The molecule has 0 N–H and O–H groups in total. The Balaban J connectivity index is 2.11. The van der Waals surface area contributed by atoms with Gasteiger partial charge in [0, 0.05) is 11.1 Å². The standard InChI is InChI=1S/C15H10I2N4/c16-20-9-10-5-1-2-6-11(10)15-14(18-19-21(15)17)12-7-3-4-8-13(12)20/h1-8H,9H2. The molecule has 6 heteroatoms. The summed E-state index contributed by atoms with van der Waals surface area (Å²) in [7, 11) is 0. The molecular formula is C15H10I2N4. The van der Waals surface area contributed by atoms with Crippen LogP contribution in [0, 0.1) is 0 Å². The molecule has 0 bridgehead atoms. The van der Waals surface area contributed by atoms with Gasteiger partial charge in [0.1, 0.15) is 11.4 Å². The average Bonchev–Trinajstić information content (AvgIpc) is 2.88. The topological polar surface area (TPSA) is 34.0 Å². The van der Waals surface area contributed by atoms with Crippen LogP contribution in [-0.4, -0.2) is 13.2 Å². The van der Waals surface area contributed by atoms with Crippen LogP contribution in [0.3, 0.4) is 0 Å². The summed E-state index contributed by atoms with van der Waals surface area (Å²) in [6.45, 7) is 0.856. The molecule has 0 aliphatic carbocycles. The van der Waals surface area contributed by atoms with Gasteiger partial charge in [-0.05, 0) is 11.6 Å². The lowest BCUT2D eigenvalue weighted by molar-refractivity contribution is 0.923. The molecule has 0 radical (unpaired) electrons. The van der Waals surface area contributed by atoms with Crippen LogP contribution in [0.25, 0.3) is 22.5 Å². The first-order valence-corrected chi connectivity index (χ1v) is 8.41. The second-order valence-corrected chi connectivity index (χ2v) is 6.92. The minimum Gasteiger partial charge on any atom is -0.310 e. The zero-order chi connectivity index (χ0) is 14.4. The van der Waals surface area contributed by atoms with E-state index >= 15 is 0 Å². The van der Waals surface area contributed by atoms with E-state index in [0.29, 0.717) is 0 Å². The van der Waals surface area contributed by atoms with Crippen LogP contribution in [0.4, 0.5) is 5.69 Å². The maximum atomic E-state index is 4.41. The van der Waals surface area contributed by atoms with Crippen molar-refractivity contribution in [3.63, 3.8) is 0 Å². The number of para-hydroxylation sites is 1. The van der Waals surface area contributed by atoms with Crippen LogP contribution in [-0.2, 0) is 6.54 Å². The van der Waals surface area contributed by atoms with Gasteiger partial charge in [-0.25, -0.2) is 0 Å². The summed E-state index contributed by atoms with van der Waals surface area (Å²) in [4.78, 5) is 0. The molecule has 0 saturated heterocycles. The van der Waals surface area contributed by atoms with Crippen LogP contribution in [0.15, 0.2) is 48.5 Å². The van der Waals surface area contributed by atoms with Crippen molar-refractivity contribution in [3.8, 4) is 22.5 Å². The van der Waals surface area contributed by atoms with Gasteiger partial charge in [-0.3, -0.25) is 0 Å². The highest BCUT2D eigenvalue weighted by Gasteiger charge is 2.24. The van der Waals surface area contributed by atoms with Gasteiger partial charge in [-0.15, -0.1) is 5.10 Å². The molecule has 0 fully saturated rings. The quantitative estimate of drug-likeness (QED) is 0.338. The normalized spacial score (nSPS) is 13.0. The molecule has 1 aliphatic heterocycles. The number of rotatable bonds is 0. The highest BCUT2D eigenvalue weighted by Crippen LogP contribution is 2.42. The van der Waals surface area contributed by atoms with Crippen molar-refractivity contribution < 1.29 is 0 Å². The molecule has 0 spiro atoms. The molecular weight excluding hydrogens is 490 g/mol. The Morgan fingerprint density at radius 1 is 0.905 bits per heavy atom. The molecule has 4 nitrogen and oxygen atoms in total. The van der Waals surface area contributed by atoms with E-state index in [0.717, 1.165) is 23.5 Å². The number of fused-ring (bicyclic) bond motifs is 5. The number of anilines is 1. The van der Waals surface area contributed by atoms with Crippen LogP contribution in [0.1, 0.15) is 5.56 Å². The molecule has 21 heavy (non-hydrogen) atoms. The van der Waals surface area contributed by atoms with Crippen molar-refractivity contribution in [1.29, 1.82) is 0 Å². The predicted molar refractivity (Wildman–Crippen MR) is 101 cm³/mol. The van der Waals surface area contributed by atoms with Gasteiger partial charge in [-0.1, -0.05) is 47.7 Å². The van der Waals surface area contributed by atoms with E-state index < -0.39 is 0 Å². The van der Waals surface area contributed by atoms with Crippen LogP contribution >= 0.6 is 45.7 Å². The van der Waals surface area contributed by atoms with Gasteiger partial charge in [0.25, 0.3) is 0 Å². The summed E-state index contributed by atoms with van der Waals surface area (Å²) >= 11 is 4.57. The third-order valence-corrected chi connectivity index (χ3v) is 5.17. The van der Waals surface area contributed by atoms with E-state index in [9.17, 15) is 0 Å². The van der Waals surface area contributed by atoms with Crippen LogP contribution < -0.4 is 3.11 Å². The summed E-state index contributed by atoms with van der Waals surface area (Å²) in [5.41, 5.74) is 6.79. The Kier molecular flexibility index (Phi) is 3.37. The molecule has 1 aromatic heterocycles. The van der Waals surface area contributed by atoms with E-state index in [4.69, 9.17) is 0 Å². The van der Waals surface area contributed by atoms with Gasteiger partial charge in [0.2, 0.25) is 0 Å². The van der Waals surface area contributed by atoms with E-state index in [-0.39, 0.29) is 0 Å². The lowest BCUT2D eigenvalue weighted by Gasteiger charge is -2.24. The van der Waals surface area contributed by atoms with E-state index in [1.807, 2.05) is 8.96 Å². The number of hydrogen-bond acceptors (Lipinski definition) is 3. The van der Waals surface area contributed by atoms with Crippen LogP contribution in [0.5, 0.6) is 0 Å². The number of aromatic nitrogens is 3. The zero-order valence-corrected chi connectivity index (χ0v) is 15.2. The van der Waals surface area contributed by atoms with Crippen molar-refractivity contribution in [2.75, 3.05) is 3.11 Å². The largest absolute Gasteiger partial charge is 0.310 e. The van der Waals surface area contributed by atoms with Crippen molar-refractivity contribution in [3.05, 3.63) is 54.1 Å². The first-order chi connectivity index (χ1) is 10.3. The Labute approximate surface area is 150 Å². The summed E-state index contributed by atoms with van der Waals surface area (Å²) in [5, 5.41) is 8.64. The minimum atomic E-state index is 0.856. The highest BCUT2D eigenvalue weighted by molar-refractivity contribution is 14.1. The zero-order valence-electron chi connectivity index (χ0n) is 10.9. The van der Waals surface area contributed by atoms with E-state index in [1.54, 1.807) is 0 Å². The fraction of sp³-hybridized carbons (Fsp3) is 0.0667. The smallest absolute Gasteiger partial charge is 0.124 e. The summed E-state index contributed by atoms with van der Waals surface area (Å²) in [5.74, 6) is 0. The third-order valence-electron chi connectivity index (χ3n) is 3.63. The first-order valence-electron chi connectivity index (χ1n) is 6.48. The molecule has 4 rings (SSSR count). The number of halogens is 2. The summed E-state index contributed by atoms with van der Waals surface area (Å²) < 4.78 is 4.08. The lowest BCUT2D eigenvalue weighted by atomic mass is 9.97. The summed E-state index contributed by atoms with van der Waals surface area (Å²) in [6.07, 6.45) is 0. The predicted octanol–water partition coefficient (Wildman–Crippen LogP) is 4.48. The van der Waals surface area contributed by atoms with Gasteiger partial charge >= 0.3 is 0 Å². The molecule has 3 aromatic rings. The average molecular weight is 500 g/mol. The minimum absolute atomic E-state index is 0.856. The first kappa shape index (κ1) is 13.5. The van der Waals surface area contributed by atoms with Crippen LogP contribution in [0.2, 0.25) is 0 Å². The summed E-state index contributed by atoms with van der Waals surface area (Å²) in [6, 6.07) is 16.8.